The average molecular weight is 183 g/mol. The lowest BCUT2D eigenvalue weighted by atomic mass is 9.89. The Kier molecular flexibility index (Phi) is 1.83. The van der Waals surface area contributed by atoms with Crippen LogP contribution in [0.25, 0.3) is 0 Å². The van der Waals surface area contributed by atoms with Crippen molar-refractivity contribution in [3.8, 4) is 0 Å². The van der Waals surface area contributed by atoms with Crippen molar-refractivity contribution in [2.75, 3.05) is 13.2 Å². The van der Waals surface area contributed by atoms with Gasteiger partial charge in [0.1, 0.15) is 0 Å². The maximum absolute atomic E-state index is 5.97. The summed E-state index contributed by atoms with van der Waals surface area (Å²) >= 11 is 5.72. The molecular weight excluding hydrogens is 174 g/mol. The Labute approximate surface area is 76.3 Å². The highest BCUT2D eigenvalue weighted by molar-refractivity contribution is 6.30. The summed E-state index contributed by atoms with van der Waals surface area (Å²) in [6.45, 7) is 1.15. The molecule has 1 aliphatic heterocycles. The van der Waals surface area contributed by atoms with E-state index in [0.717, 1.165) is 5.56 Å². The molecule has 1 radical (unpaired) electrons. The second kappa shape index (κ2) is 2.73. The van der Waals surface area contributed by atoms with Crippen molar-refractivity contribution in [1.29, 1.82) is 0 Å². The Hall–Kier alpha value is -0.570. The van der Waals surface area contributed by atoms with Crippen LogP contribution < -0.4 is 5.73 Å². The van der Waals surface area contributed by atoms with E-state index in [-0.39, 0.29) is 5.54 Å². The number of rotatable bonds is 1. The molecule has 0 atom stereocenters. The molecule has 0 aromatic heterocycles. The normalized spacial score (nSPS) is 20.2. The van der Waals surface area contributed by atoms with Crippen LogP contribution in [0, 0.1) is 6.07 Å². The molecule has 1 fully saturated rings. The first-order valence-electron chi connectivity index (χ1n) is 3.75. The smallest absolute Gasteiger partial charge is 0.0889 e. The molecule has 63 valence electrons. The number of hydrogen-bond acceptors (Lipinski definition) is 2. The Bertz CT molecular complexity index is 279. The molecule has 0 unspecified atom stereocenters. The van der Waals surface area contributed by atoms with Gasteiger partial charge < -0.3 is 10.5 Å². The molecule has 1 heterocycles. The van der Waals surface area contributed by atoms with Crippen LogP contribution in [0.3, 0.4) is 0 Å². The van der Waals surface area contributed by atoms with Crippen LogP contribution in [0.2, 0.25) is 5.02 Å². The quantitative estimate of drug-likeness (QED) is 0.711. The molecule has 12 heavy (non-hydrogen) atoms. The van der Waals surface area contributed by atoms with Crippen molar-refractivity contribution in [3.63, 3.8) is 0 Å². The van der Waals surface area contributed by atoms with Crippen LogP contribution >= 0.6 is 11.6 Å². The maximum Gasteiger partial charge on any atom is 0.0889 e. The highest BCUT2D eigenvalue weighted by Crippen LogP contribution is 2.26. The van der Waals surface area contributed by atoms with E-state index in [2.05, 4.69) is 6.07 Å². The number of ether oxygens (including phenoxy) is 1. The summed E-state index contributed by atoms with van der Waals surface area (Å²) in [7, 11) is 0. The molecule has 1 aromatic carbocycles. The first-order valence-corrected chi connectivity index (χ1v) is 4.13. The molecule has 0 saturated carbocycles. The van der Waals surface area contributed by atoms with Gasteiger partial charge in [0, 0.05) is 5.02 Å². The Balaban J connectivity index is 2.28. The predicted molar refractivity (Wildman–Crippen MR) is 47.0 cm³/mol. The van der Waals surface area contributed by atoms with Gasteiger partial charge in [-0.05, 0) is 23.8 Å². The van der Waals surface area contributed by atoms with Gasteiger partial charge in [0.2, 0.25) is 0 Å². The SMILES string of the molecule is NC1(c2[c]cc(Cl)cc2)COC1. The molecule has 1 aromatic rings. The fourth-order valence-corrected chi connectivity index (χ4v) is 1.31. The molecule has 2 rings (SSSR count). The van der Waals surface area contributed by atoms with E-state index >= 15 is 0 Å². The van der Waals surface area contributed by atoms with E-state index in [9.17, 15) is 0 Å². The Morgan fingerprint density at radius 1 is 1.50 bits per heavy atom. The van der Waals surface area contributed by atoms with Gasteiger partial charge in [0.05, 0.1) is 18.8 Å². The summed E-state index contributed by atoms with van der Waals surface area (Å²) < 4.78 is 5.04. The summed E-state index contributed by atoms with van der Waals surface area (Å²) in [5.41, 5.74) is 6.62. The van der Waals surface area contributed by atoms with Crippen LogP contribution in [0.5, 0.6) is 0 Å². The Morgan fingerprint density at radius 3 is 2.67 bits per heavy atom. The van der Waals surface area contributed by atoms with E-state index in [1.165, 1.54) is 0 Å². The van der Waals surface area contributed by atoms with Crippen molar-refractivity contribution in [1.82, 2.24) is 0 Å². The van der Waals surface area contributed by atoms with Gasteiger partial charge in [-0.3, -0.25) is 0 Å². The van der Waals surface area contributed by atoms with E-state index < -0.39 is 0 Å². The third-order valence-electron chi connectivity index (χ3n) is 2.03. The molecule has 0 amide bonds. The number of benzene rings is 1. The van der Waals surface area contributed by atoms with Crippen LogP contribution in [0.1, 0.15) is 5.56 Å². The maximum atomic E-state index is 5.97. The molecular formula is C9H9ClNO. The largest absolute Gasteiger partial charge is 0.377 e. The predicted octanol–water partition coefficient (Wildman–Crippen LogP) is 1.32. The molecule has 2 N–H and O–H groups in total. The van der Waals surface area contributed by atoms with Gasteiger partial charge in [-0.1, -0.05) is 17.7 Å². The molecule has 0 aliphatic carbocycles. The van der Waals surface area contributed by atoms with Crippen LogP contribution in [-0.2, 0) is 10.3 Å². The van der Waals surface area contributed by atoms with E-state index in [0.29, 0.717) is 18.2 Å². The molecule has 1 saturated heterocycles. The lowest BCUT2D eigenvalue weighted by molar-refractivity contribution is -0.0570. The third kappa shape index (κ3) is 1.22. The summed E-state index contributed by atoms with van der Waals surface area (Å²) in [5, 5.41) is 0.683. The lowest BCUT2D eigenvalue weighted by Crippen LogP contribution is -2.54. The van der Waals surface area contributed by atoms with Gasteiger partial charge in [0.25, 0.3) is 0 Å². The van der Waals surface area contributed by atoms with Crippen molar-refractivity contribution in [2.24, 2.45) is 5.73 Å². The lowest BCUT2D eigenvalue weighted by Gasteiger charge is -2.37. The van der Waals surface area contributed by atoms with Gasteiger partial charge in [-0.2, -0.15) is 0 Å². The van der Waals surface area contributed by atoms with E-state index in [1.807, 2.05) is 12.1 Å². The highest BCUT2D eigenvalue weighted by Gasteiger charge is 2.35. The second-order valence-electron chi connectivity index (χ2n) is 3.07. The number of halogens is 1. The molecule has 2 nitrogen and oxygen atoms in total. The van der Waals surface area contributed by atoms with Crippen LogP contribution in [0.15, 0.2) is 18.2 Å². The van der Waals surface area contributed by atoms with Crippen molar-refractivity contribution in [2.45, 2.75) is 5.54 Å². The first-order chi connectivity index (χ1) is 5.71. The van der Waals surface area contributed by atoms with Gasteiger partial charge in [-0.15, -0.1) is 0 Å². The monoisotopic (exact) mass is 182 g/mol. The zero-order valence-corrected chi connectivity index (χ0v) is 7.27. The molecule has 3 heteroatoms. The average Bonchev–Trinajstić information content (AvgIpc) is 2.02. The molecule has 1 aliphatic rings. The van der Waals surface area contributed by atoms with E-state index in [1.54, 1.807) is 6.07 Å². The van der Waals surface area contributed by atoms with E-state index in [4.69, 9.17) is 22.1 Å². The van der Waals surface area contributed by atoms with Crippen molar-refractivity contribution in [3.05, 3.63) is 34.9 Å². The van der Waals surface area contributed by atoms with Crippen molar-refractivity contribution < 1.29 is 4.74 Å². The fraction of sp³-hybridized carbons (Fsp3) is 0.333. The van der Waals surface area contributed by atoms with Crippen LogP contribution in [0.4, 0.5) is 0 Å². The summed E-state index contributed by atoms with van der Waals surface area (Å²) in [4.78, 5) is 0. The highest BCUT2D eigenvalue weighted by atomic mass is 35.5. The topological polar surface area (TPSA) is 35.2 Å². The minimum atomic E-state index is -0.329. The molecule has 0 bridgehead atoms. The third-order valence-corrected chi connectivity index (χ3v) is 2.27. The number of hydrogen-bond donors (Lipinski definition) is 1. The second-order valence-corrected chi connectivity index (χ2v) is 3.51. The summed E-state index contributed by atoms with van der Waals surface area (Å²) in [6.07, 6.45) is 0. The number of nitrogens with two attached hydrogens (primary N) is 1. The zero-order chi connectivity index (χ0) is 8.60. The first kappa shape index (κ1) is 8.05. The minimum absolute atomic E-state index is 0.329. The molecule has 0 spiro atoms. The standard InChI is InChI=1S/C9H9ClNO/c10-8-3-1-7(2-4-8)9(11)5-12-6-9/h1,3-4H,5-6,11H2. The van der Waals surface area contributed by atoms with Gasteiger partial charge >= 0.3 is 0 Å². The van der Waals surface area contributed by atoms with Gasteiger partial charge in [0.15, 0.2) is 0 Å². The fourth-order valence-electron chi connectivity index (χ4n) is 1.19. The summed E-state index contributed by atoms with van der Waals surface area (Å²) in [6, 6.07) is 8.48. The van der Waals surface area contributed by atoms with Gasteiger partial charge in [-0.25, -0.2) is 0 Å². The van der Waals surface area contributed by atoms with Crippen molar-refractivity contribution >= 4 is 11.6 Å². The summed E-state index contributed by atoms with van der Waals surface area (Å²) in [5.74, 6) is 0. The Morgan fingerprint density at radius 2 is 2.25 bits per heavy atom. The minimum Gasteiger partial charge on any atom is -0.377 e. The zero-order valence-electron chi connectivity index (χ0n) is 6.51. The van der Waals surface area contributed by atoms with Crippen LogP contribution in [-0.4, -0.2) is 13.2 Å².